The van der Waals surface area contributed by atoms with Gasteiger partial charge < -0.3 is 10.1 Å². The first kappa shape index (κ1) is 26.2. The Kier molecular flexibility index (Phi) is 8.47. The van der Waals surface area contributed by atoms with Crippen molar-refractivity contribution < 1.29 is 41.9 Å². The number of rotatable bonds is 11. The smallest absolute Gasteiger partial charge is 0.471 e. The van der Waals surface area contributed by atoms with Crippen LogP contribution in [-0.4, -0.2) is 59.8 Å². The van der Waals surface area contributed by atoms with E-state index in [1.165, 1.54) is 6.07 Å². The van der Waals surface area contributed by atoms with Crippen molar-refractivity contribution in [2.24, 2.45) is 0 Å². The zero-order chi connectivity index (χ0) is 25.6. The largest absolute Gasteiger partial charge is 0.493 e. The Bertz CT molecular complexity index is 1010. The third kappa shape index (κ3) is 6.37. The number of hydrogen-bond donors (Lipinski definition) is 2. The second-order valence-electron chi connectivity index (χ2n) is 8.35. The lowest BCUT2D eigenvalue weighted by Gasteiger charge is -2.27. The molecule has 9 nitrogen and oxygen atoms in total. The number of nitrogens with one attached hydrogen (secondary N) is 2. The minimum atomic E-state index is -4.86. The van der Waals surface area contributed by atoms with Crippen molar-refractivity contribution in [1.29, 1.82) is 0 Å². The maximum Gasteiger partial charge on any atom is 0.471 e. The monoisotopic (exact) mass is 497 g/mol. The SMILES string of the molecule is O=C1CCC(N2C(=O)c3cccc(OCCCCCCCCNC(=O)C(F)(F)F)c3C2=O)C(=O)N1. The average Bonchev–Trinajstić information content (AvgIpc) is 3.05. The van der Waals surface area contributed by atoms with Gasteiger partial charge in [0.05, 0.1) is 17.7 Å². The molecule has 2 heterocycles. The van der Waals surface area contributed by atoms with E-state index in [1.54, 1.807) is 12.1 Å². The molecule has 3 rings (SSSR count). The highest BCUT2D eigenvalue weighted by Crippen LogP contribution is 2.33. The number of imide groups is 2. The van der Waals surface area contributed by atoms with Gasteiger partial charge in [0.15, 0.2) is 0 Å². The van der Waals surface area contributed by atoms with Gasteiger partial charge in [-0.1, -0.05) is 31.7 Å². The van der Waals surface area contributed by atoms with E-state index in [4.69, 9.17) is 4.74 Å². The molecular formula is C23H26F3N3O6. The molecule has 1 aromatic rings. The van der Waals surface area contributed by atoms with Crippen LogP contribution in [0.5, 0.6) is 5.75 Å². The Labute approximate surface area is 199 Å². The summed E-state index contributed by atoms with van der Waals surface area (Å²) in [4.78, 5) is 60.9. The van der Waals surface area contributed by atoms with Gasteiger partial charge in [-0.15, -0.1) is 0 Å². The van der Waals surface area contributed by atoms with Crippen LogP contribution >= 0.6 is 0 Å². The van der Waals surface area contributed by atoms with Crippen molar-refractivity contribution >= 4 is 29.5 Å². The van der Waals surface area contributed by atoms with Crippen LogP contribution in [0.15, 0.2) is 18.2 Å². The Balaban J connectivity index is 1.41. The summed E-state index contributed by atoms with van der Waals surface area (Å²) in [6, 6.07) is 3.61. The predicted molar refractivity (Wildman–Crippen MR) is 115 cm³/mol. The molecule has 0 aliphatic carbocycles. The molecule has 12 heteroatoms. The number of nitrogens with zero attached hydrogens (tertiary/aromatic N) is 1. The van der Waals surface area contributed by atoms with Gasteiger partial charge in [0, 0.05) is 13.0 Å². The molecule has 1 atom stereocenters. The minimum Gasteiger partial charge on any atom is -0.493 e. The molecular weight excluding hydrogens is 471 g/mol. The zero-order valence-electron chi connectivity index (χ0n) is 18.9. The number of fused-ring (bicyclic) bond motifs is 1. The number of carbonyl (C=O) groups is 5. The van der Waals surface area contributed by atoms with Gasteiger partial charge in [-0.25, -0.2) is 0 Å². The summed E-state index contributed by atoms with van der Waals surface area (Å²) in [6.45, 7) is 0.265. The Morgan fingerprint density at radius 1 is 1.03 bits per heavy atom. The first-order valence-corrected chi connectivity index (χ1v) is 11.4. The summed E-state index contributed by atoms with van der Waals surface area (Å²) in [5.74, 6) is -4.04. The first-order valence-electron chi connectivity index (χ1n) is 11.4. The van der Waals surface area contributed by atoms with Gasteiger partial charge in [-0.3, -0.25) is 34.2 Å². The number of amides is 5. The molecule has 2 aliphatic rings. The summed E-state index contributed by atoms with van der Waals surface area (Å²) >= 11 is 0. The number of alkyl halides is 3. The molecule has 2 N–H and O–H groups in total. The lowest BCUT2D eigenvalue weighted by atomic mass is 10.0. The molecule has 2 aliphatic heterocycles. The van der Waals surface area contributed by atoms with Crippen molar-refractivity contribution in [2.45, 2.75) is 63.6 Å². The molecule has 190 valence electrons. The van der Waals surface area contributed by atoms with Crippen molar-refractivity contribution in [3.8, 4) is 5.75 Å². The third-order valence-electron chi connectivity index (χ3n) is 5.80. The molecule has 0 saturated carbocycles. The van der Waals surface area contributed by atoms with Gasteiger partial charge in [0.1, 0.15) is 11.8 Å². The number of unbranched alkanes of at least 4 members (excludes halogenated alkanes) is 5. The minimum absolute atomic E-state index is 0.0246. The van der Waals surface area contributed by atoms with Crippen molar-refractivity contribution in [1.82, 2.24) is 15.5 Å². The second kappa shape index (κ2) is 11.3. The van der Waals surface area contributed by atoms with Crippen molar-refractivity contribution in [2.75, 3.05) is 13.2 Å². The molecule has 5 amide bonds. The summed E-state index contributed by atoms with van der Waals surface area (Å²) in [5, 5.41) is 3.98. The lowest BCUT2D eigenvalue weighted by Crippen LogP contribution is -2.54. The van der Waals surface area contributed by atoms with E-state index in [2.05, 4.69) is 5.32 Å². The van der Waals surface area contributed by atoms with Crippen LogP contribution < -0.4 is 15.4 Å². The topological polar surface area (TPSA) is 122 Å². The van der Waals surface area contributed by atoms with E-state index in [0.29, 0.717) is 19.3 Å². The molecule has 0 spiro atoms. The molecule has 0 bridgehead atoms. The third-order valence-corrected chi connectivity index (χ3v) is 5.80. The fraction of sp³-hybridized carbons (Fsp3) is 0.522. The van der Waals surface area contributed by atoms with Gasteiger partial charge in [-0.2, -0.15) is 13.2 Å². The summed E-state index contributed by atoms with van der Waals surface area (Å²) < 4.78 is 42.0. The Hall–Kier alpha value is -3.44. The van der Waals surface area contributed by atoms with Crippen LogP contribution in [0.3, 0.4) is 0 Å². The molecule has 1 aromatic carbocycles. The number of carbonyl (C=O) groups excluding carboxylic acids is 5. The zero-order valence-corrected chi connectivity index (χ0v) is 18.9. The van der Waals surface area contributed by atoms with Crippen LogP contribution in [0.4, 0.5) is 13.2 Å². The van der Waals surface area contributed by atoms with E-state index in [1.807, 2.05) is 5.32 Å². The number of piperidine rings is 1. The average molecular weight is 497 g/mol. The van der Waals surface area contributed by atoms with Gasteiger partial charge in [0.25, 0.3) is 11.8 Å². The highest BCUT2D eigenvalue weighted by atomic mass is 19.4. The van der Waals surface area contributed by atoms with Crippen LogP contribution in [0.1, 0.15) is 72.1 Å². The van der Waals surface area contributed by atoms with E-state index >= 15 is 0 Å². The van der Waals surface area contributed by atoms with Crippen LogP contribution in [-0.2, 0) is 14.4 Å². The van der Waals surface area contributed by atoms with Crippen LogP contribution in [0.2, 0.25) is 0 Å². The first-order chi connectivity index (χ1) is 16.6. The summed E-state index contributed by atoms with van der Waals surface area (Å²) in [6.07, 6.45) is -0.559. The second-order valence-corrected chi connectivity index (χ2v) is 8.35. The lowest BCUT2D eigenvalue weighted by molar-refractivity contribution is -0.173. The molecule has 1 unspecified atom stereocenters. The number of halogens is 3. The van der Waals surface area contributed by atoms with Crippen LogP contribution in [0.25, 0.3) is 0 Å². The normalized spacial score (nSPS) is 17.9. The standard InChI is InChI=1S/C23H26F3N3O6/c24-23(25,26)22(34)27-12-5-3-1-2-4-6-13-35-16-9-7-8-14-18(16)21(33)29(20(14)32)15-10-11-17(30)28-19(15)31/h7-9,15H,1-6,10-13H2,(H,27,34)(H,28,30,31). The molecule has 35 heavy (non-hydrogen) atoms. The maximum atomic E-state index is 13.0. The van der Waals surface area contributed by atoms with Crippen molar-refractivity contribution in [3.63, 3.8) is 0 Å². The predicted octanol–water partition coefficient (Wildman–Crippen LogP) is 2.49. The fourth-order valence-corrected chi connectivity index (χ4v) is 4.02. The number of ether oxygens (including phenoxy) is 1. The Morgan fingerprint density at radius 3 is 2.40 bits per heavy atom. The summed E-state index contributed by atoms with van der Waals surface area (Å²) in [7, 11) is 0. The van der Waals surface area contributed by atoms with E-state index in [-0.39, 0.29) is 42.9 Å². The highest BCUT2D eigenvalue weighted by molar-refractivity contribution is 6.24. The molecule has 1 fully saturated rings. The molecule has 1 saturated heterocycles. The van der Waals surface area contributed by atoms with Crippen LogP contribution in [0, 0.1) is 0 Å². The molecule has 0 radical (unpaired) electrons. The highest BCUT2D eigenvalue weighted by Gasteiger charge is 2.46. The quantitative estimate of drug-likeness (QED) is 0.358. The molecule has 0 aromatic heterocycles. The number of benzene rings is 1. The maximum absolute atomic E-state index is 13.0. The van der Waals surface area contributed by atoms with E-state index in [0.717, 1.165) is 24.2 Å². The van der Waals surface area contributed by atoms with Gasteiger partial charge in [-0.05, 0) is 31.4 Å². The van der Waals surface area contributed by atoms with Crippen molar-refractivity contribution in [3.05, 3.63) is 29.3 Å². The van der Waals surface area contributed by atoms with E-state index in [9.17, 15) is 37.1 Å². The van der Waals surface area contributed by atoms with Gasteiger partial charge in [0.2, 0.25) is 11.8 Å². The van der Waals surface area contributed by atoms with E-state index < -0.39 is 41.8 Å². The number of hydrogen-bond acceptors (Lipinski definition) is 6. The Morgan fingerprint density at radius 2 is 1.71 bits per heavy atom. The summed E-state index contributed by atoms with van der Waals surface area (Å²) in [5.41, 5.74) is 0.248. The van der Waals surface area contributed by atoms with Gasteiger partial charge >= 0.3 is 12.1 Å². The fourth-order valence-electron chi connectivity index (χ4n) is 4.02.